The molecular weight excluding hydrogens is 250 g/mol. The number of aliphatic carboxylic acids is 1. The van der Waals surface area contributed by atoms with Crippen LogP contribution in [0.25, 0.3) is 0 Å². The minimum atomic E-state index is -1.10. The van der Waals surface area contributed by atoms with Crippen LogP contribution in [-0.4, -0.2) is 65.0 Å². The molecule has 1 unspecified atom stereocenters. The fraction of sp³-hybridized carbons (Fsp3) is 0.583. The molecule has 2 N–H and O–H groups in total. The Morgan fingerprint density at radius 1 is 1.42 bits per heavy atom. The summed E-state index contributed by atoms with van der Waals surface area (Å²) in [4.78, 5) is 37.6. The molecule has 0 aromatic rings. The van der Waals surface area contributed by atoms with E-state index >= 15 is 0 Å². The minimum Gasteiger partial charge on any atom is -0.480 e. The van der Waals surface area contributed by atoms with Gasteiger partial charge in [0.1, 0.15) is 12.6 Å². The van der Waals surface area contributed by atoms with Crippen LogP contribution in [0.2, 0.25) is 0 Å². The summed E-state index contributed by atoms with van der Waals surface area (Å²) < 4.78 is 0. The molecule has 0 saturated carbocycles. The first kappa shape index (κ1) is 13.4. The number of nitrogens with zero attached hydrogens (tertiary/aromatic N) is 2. The van der Waals surface area contributed by atoms with Crippen LogP contribution >= 0.6 is 0 Å². The average molecular weight is 267 g/mol. The number of urea groups is 1. The lowest BCUT2D eigenvalue weighted by Gasteiger charge is -2.37. The van der Waals surface area contributed by atoms with E-state index in [-0.39, 0.29) is 25.0 Å². The molecule has 2 aliphatic heterocycles. The number of carboxylic acids is 1. The third-order valence-corrected chi connectivity index (χ3v) is 3.32. The number of nitrogens with one attached hydrogen (secondary N) is 1. The summed E-state index contributed by atoms with van der Waals surface area (Å²) in [6.07, 6.45) is 2.82. The monoisotopic (exact) mass is 267 g/mol. The van der Waals surface area contributed by atoms with Crippen molar-refractivity contribution in [1.29, 1.82) is 0 Å². The third-order valence-electron chi connectivity index (χ3n) is 3.32. The number of piperazine rings is 1. The number of carboxylic acid groups (broad SMARTS) is 1. The summed E-state index contributed by atoms with van der Waals surface area (Å²) in [5, 5.41) is 11.6. The van der Waals surface area contributed by atoms with Gasteiger partial charge < -0.3 is 15.3 Å². The Labute approximate surface area is 110 Å². The lowest BCUT2D eigenvalue weighted by Crippen LogP contribution is -2.62. The number of rotatable bonds is 1. The van der Waals surface area contributed by atoms with Gasteiger partial charge >= 0.3 is 12.0 Å². The third kappa shape index (κ3) is 2.86. The van der Waals surface area contributed by atoms with Gasteiger partial charge in [0.2, 0.25) is 5.91 Å². The SMILES string of the molecule is CC1=CCCN(C(=O)N2CC(=O)NCC2C(=O)O)C1. The molecule has 2 rings (SSSR count). The average Bonchev–Trinajstić information content (AvgIpc) is 2.37. The Balaban J connectivity index is 2.12. The molecule has 104 valence electrons. The summed E-state index contributed by atoms with van der Waals surface area (Å²) in [7, 11) is 0. The van der Waals surface area contributed by atoms with Gasteiger partial charge in [-0.3, -0.25) is 9.69 Å². The Morgan fingerprint density at radius 2 is 2.16 bits per heavy atom. The first-order chi connectivity index (χ1) is 8.99. The quantitative estimate of drug-likeness (QED) is 0.635. The summed E-state index contributed by atoms with van der Waals surface area (Å²) in [5.74, 6) is -1.42. The number of carbonyl (C=O) groups excluding carboxylic acids is 2. The second kappa shape index (κ2) is 5.29. The minimum absolute atomic E-state index is 0.0391. The molecule has 0 aromatic carbocycles. The van der Waals surface area contributed by atoms with Crippen molar-refractivity contribution >= 4 is 17.9 Å². The summed E-state index contributed by atoms with van der Waals surface area (Å²) >= 11 is 0. The highest BCUT2D eigenvalue weighted by Gasteiger charge is 2.37. The molecule has 7 nitrogen and oxygen atoms in total. The van der Waals surface area contributed by atoms with E-state index in [1.807, 2.05) is 6.92 Å². The lowest BCUT2D eigenvalue weighted by atomic mass is 10.1. The van der Waals surface area contributed by atoms with Crippen molar-refractivity contribution < 1.29 is 19.5 Å². The van der Waals surface area contributed by atoms with Crippen molar-refractivity contribution in [3.8, 4) is 0 Å². The van der Waals surface area contributed by atoms with E-state index in [0.29, 0.717) is 13.1 Å². The Bertz CT molecular complexity index is 446. The van der Waals surface area contributed by atoms with E-state index in [9.17, 15) is 14.4 Å². The molecule has 0 aromatic heterocycles. The van der Waals surface area contributed by atoms with E-state index in [4.69, 9.17) is 5.11 Å². The number of carbonyl (C=O) groups is 3. The number of hydrogen-bond donors (Lipinski definition) is 2. The second-order valence-electron chi connectivity index (χ2n) is 4.83. The van der Waals surface area contributed by atoms with Gasteiger partial charge in [-0.2, -0.15) is 0 Å². The summed E-state index contributed by atoms with van der Waals surface area (Å²) in [6, 6.07) is -1.37. The molecule has 19 heavy (non-hydrogen) atoms. The van der Waals surface area contributed by atoms with Crippen LogP contribution in [0.1, 0.15) is 13.3 Å². The van der Waals surface area contributed by atoms with Crippen molar-refractivity contribution in [2.75, 3.05) is 26.2 Å². The van der Waals surface area contributed by atoms with Gasteiger partial charge in [0.25, 0.3) is 0 Å². The van der Waals surface area contributed by atoms with E-state index in [2.05, 4.69) is 11.4 Å². The molecule has 2 heterocycles. The van der Waals surface area contributed by atoms with Gasteiger partial charge in [-0.25, -0.2) is 9.59 Å². The molecule has 3 amide bonds. The second-order valence-corrected chi connectivity index (χ2v) is 4.83. The van der Waals surface area contributed by atoms with Gasteiger partial charge in [-0.05, 0) is 13.3 Å². The molecule has 0 bridgehead atoms. The first-order valence-electron chi connectivity index (χ1n) is 6.19. The highest BCUT2D eigenvalue weighted by atomic mass is 16.4. The molecule has 0 radical (unpaired) electrons. The van der Waals surface area contributed by atoms with Crippen molar-refractivity contribution in [1.82, 2.24) is 15.1 Å². The highest BCUT2D eigenvalue weighted by molar-refractivity contribution is 5.90. The van der Waals surface area contributed by atoms with Gasteiger partial charge in [0.05, 0.1) is 0 Å². The van der Waals surface area contributed by atoms with E-state index in [1.165, 1.54) is 0 Å². The zero-order valence-corrected chi connectivity index (χ0v) is 10.8. The van der Waals surface area contributed by atoms with Crippen LogP contribution in [0, 0.1) is 0 Å². The number of amides is 3. The van der Waals surface area contributed by atoms with E-state index < -0.39 is 12.0 Å². The maximum atomic E-state index is 12.3. The molecule has 0 spiro atoms. The first-order valence-corrected chi connectivity index (χ1v) is 6.19. The lowest BCUT2D eigenvalue weighted by molar-refractivity contribution is -0.144. The van der Waals surface area contributed by atoms with Crippen molar-refractivity contribution in [3.05, 3.63) is 11.6 Å². The van der Waals surface area contributed by atoms with Gasteiger partial charge in [-0.15, -0.1) is 0 Å². The van der Waals surface area contributed by atoms with Crippen molar-refractivity contribution in [2.24, 2.45) is 0 Å². The van der Waals surface area contributed by atoms with Crippen LogP contribution in [0.4, 0.5) is 4.79 Å². The van der Waals surface area contributed by atoms with Gasteiger partial charge in [-0.1, -0.05) is 11.6 Å². The highest BCUT2D eigenvalue weighted by Crippen LogP contribution is 2.14. The van der Waals surface area contributed by atoms with Crippen LogP contribution in [0.5, 0.6) is 0 Å². The molecule has 2 aliphatic rings. The summed E-state index contributed by atoms with van der Waals surface area (Å²) in [6.45, 7) is 2.73. The maximum Gasteiger partial charge on any atom is 0.328 e. The topological polar surface area (TPSA) is 90.0 Å². The normalized spacial score (nSPS) is 23.7. The van der Waals surface area contributed by atoms with Crippen molar-refractivity contribution in [2.45, 2.75) is 19.4 Å². The maximum absolute atomic E-state index is 12.3. The Hall–Kier alpha value is -2.05. The zero-order valence-electron chi connectivity index (χ0n) is 10.8. The standard InChI is InChI=1S/C12H17N3O4/c1-8-3-2-4-14(6-8)12(19)15-7-10(16)13-5-9(15)11(17)18/h3,9H,2,4-7H2,1H3,(H,13,16)(H,17,18). The summed E-state index contributed by atoms with van der Waals surface area (Å²) in [5.41, 5.74) is 1.08. The molecule has 0 aliphatic carbocycles. The van der Waals surface area contributed by atoms with E-state index in [1.54, 1.807) is 4.90 Å². The smallest absolute Gasteiger partial charge is 0.328 e. The predicted octanol–water partition coefficient (Wildman–Crippen LogP) is -0.357. The van der Waals surface area contributed by atoms with Crippen LogP contribution in [-0.2, 0) is 9.59 Å². The fourth-order valence-corrected chi connectivity index (χ4v) is 2.32. The largest absolute Gasteiger partial charge is 0.480 e. The Kier molecular flexibility index (Phi) is 3.73. The van der Waals surface area contributed by atoms with E-state index in [0.717, 1.165) is 16.9 Å². The molecule has 1 saturated heterocycles. The predicted molar refractivity (Wildman–Crippen MR) is 66.5 cm³/mol. The zero-order chi connectivity index (χ0) is 14.0. The van der Waals surface area contributed by atoms with Crippen LogP contribution in [0.3, 0.4) is 0 Å². The fourth-order valence-electron chi connectivity index (χ4n) is 2.32. The van der Waals surface area contributed by atoms with Crippen molar-refractivity contribution in [3.63, 3.8) is 0 Å². The molecule has 1 fully saturated rings. The molecular formula is C12H17N3O4. The van der Waals surface area contributed by atoms with Crippen LogP contribution in [0.15, 0.2) is 11.6 Å². The molecule has 7 heteroatoms. The van der Waals surface area contributed by atoms with Gasteiger partial charge in [0.15, 0.2) is 0 Å². The van der Waals surface area contributed by atoms with Gasteiger partial charge in [0, 0.05) is 19.6 Å². The number of hydrogen-bond acceptors (Lipinski definition) is 3. The Morgan fingerprint density at radius 3 is 2.79 bits per heavy atom. The van der Waals surface area contributed by atoms with Crippen LogP contribution < -0.4 is 5.32 Å². The molecule has 1 atom stereocenters.